The standard InChI is InChI=1S/C22H29N3O3S/c1-23-22(24-13-15-29(26,27)21-10-6-3-7-11-21)25-14-12-20(16-25)18-28-17-19-8-4-2-5-9-19/h2-11,20H,12-18H2,1H3,(H,23,24). The molecule has 1 saturated heterocycles. The lowest BCUT2D eigenvalue weighted by Crippen LogP contribution is -2.42. The van der Waals surface area contributed by atoms with Crippen LogP contribution >= 0.6 is 0 Å². The third kappa shape index (κ3) is 6.30. The topological polar surface area (TPSA) is 71.0 Å². The van der Waals surface area contributed by atoms with Crippen LogP contribution in [-0.4, -0.2) is 58.3 Å². The SMILES string of the molecule is CN=C(NCCS(=O)(=O)c1ccccc1)N1CCC(COCc2ccccc2)C1. The summed E-state index contributed by atoms with van der Waals surface area (Å²) in [6, 6.07) is 18.7. The number of rotatable bonds is 8. The minimum absolute atomic E-state index is 0.0352. The Kier molecular flexibility index (Phi) is 7.66. The van der Waals surface area contributed by atoms with Crippen LogP contribution in [-0.2, 0) is 21.2 Å². The van der Waals surface area contributed by atoms with Crippen LogP contribution in [0.15, 0.2) is 70.6 Å². The molecule has 1 heterocycles. The number of sulfone groups is 1. The van der Waals surface area contributed by atoms with Crippen molar-refractivity contribution in [3.63, 3.8) is 0 Å². The summed E-state index contributed by atoms with van der Waals surface area (Å²) in [5.41, 5.74) is 1.18. The molecule has 0 aromatic heterocycles. The third-order valence-corrected chi connectivity index (χ3v) is 6.75. The van der Waals surface area contributed by atoms with Gasteiger partial charge in [-0.05, 0) is 24.1 Å². The first-order valence-corrected chi connectivity index (χ1v) is 11.6. The van der Waals surface area contributed by atoms with E-state index in [9.17, 15) is 8.42 Å². The predicted molar refractivity (Wildman–Crippen MR) is 116 cm³/mol. The van der Waals surface area contributed by atoms with Crippen molar-refractivity contribution in [2.45, 2.75) is 17.9 Å². The van der Waals surface area contributed by atoms with Gasteiger partial charge in [-0.3, -0.25) is 4.99 Å². The van der Waals surface area contributed by atoms with Crippen molar-refractivity contribution in [2.24, 2.45) is 10.9 Å². The van der Waals surface area contributed by atoms with Crippen molar-refractivity contribution >= 4 is 15.8 Å². The van der Waals surface area contributed by atoms with Gasteiger partial charge in [0.05, 0.1) is 23.9 Å². The van der Waals surface area contributed by atoms with Gasteiger partial charge in [0.25, 0.3) is 0 Å². The third-order valence-electron chi connectivity index (χ3n) is 5.02. The van der Waals surface area contributed by atoms with Crippen molar-refractivity contribution < 1.29 is 13.2 Å². The first-order valence-electron chi connectivity index (χ1n) is 9.93. The molecular formula is C22H29N3O3S. The summed E-state index contributed by atoms with van der Waals surface area (Å²) in [4.78, 5) is 6.85. The Hall–Kier alpha value is -2.38. The molecule has 1 N–H and O–H groups in total. The van der Waals surface area contributed by atoms with Crippen molar-refractivity contribution in [1.29, 1.82) is 0 Å². The summed E-state index contributed by atoms with van der Waals surface area (Å²) >= 11 is 0. The summed E-state index contributed by atoms with van der Waals surface area (Å²) in [5.74, 6) is 1.23. The summed E-state index contributed by atoms with van der Waals surface area (Å²) in [5, 5.41) is 3.20. The van der Waals surface area contributed by atoms with Crippen LogP contribution in [0.4, 0.5) is 0 Å². The van der Waals surface area contributed by atoms with E-state index in [1.54, 1.807) is 31.3 Å². The molecule has 2 aromatic carbocycles. The molecule has 3 rings (SSSR count). The summed E-state index contributed by atoms with van der Waals surface area (Å²) in [6.07, 6.45) is 1.04. The number of likely N-dealkylation sites (tertiary alicyclic amines) is 1. The molecule has 7 heteroatoms. The van der Waals surface area contributed by atoms with Gasteiger partial charge in [-0.1, -0.05) is 48.5 Å². The Balaban J connectivity index is 1.41. The smallest absolute Gasteiger partial charge is 0.193 e. The van der Waals surface area contributed by atoms with E-state index in [4.69, 9.17) is 4.74 Å². The van der Waals surface area contributed by atoms with Gasteiger partial charge in [-0.15, -0.1) is 0 Å². The van der Waals surface area contributed by atoms with Gasteiger partial charge in [-0.2, -0.15) is 0 Å². The van der Waals surface area contributed by atoms with Gasteiger partial charge < -0.3 is 15.0 Å². The molecule has 1 atom stereocenters. The molecule has 0 bridgehead atoms. The van der Waals surface area contributed by atoms with E-state index >= 15 is 0 Å². The highest BCUT2D eigenvalue weighted by atomic mass is 32.2. The summed E-state index contributed by atoms with van der Waals surface area (Å²) < 4.78 is 30.7. The second kappa shape index (κ2) is 10.4. The largest absolute Gasteiger partial charge is 0.376 e. The van der Waals surface area contributed by atoms with E-state index in [0.717, 1.165) is 25.5 Å². The van der Waals surface area contributed by atoms with E-state index in [2.05, 4.69) is 27.3 Å². The fourth-order valence-corrected chi connectivity index (χ4v) is 4.63. The predicted octanol–water partition coefficient (Wildman–Crippen LogP) is 2.57. The Morgan fingerprint density at radius 2 is 1.83 bits per heavy atom. The second-order valence-corrected chi connectivity index (χ2v) is 9.32. The van der Waals surface area contributed by atoms with E-state index in [1.165, 1.54) is 5.56 Å². The Morgan fingerprint density at radius 3 is 2.52 bits per heavy atom. The van der Waals surface area contributed by atoms with Crippen molar-refractivity contribution in [2.75, 3.05) is 39.0 Å². The van der Waals surface area contributed by atoms with Gasteiger partial charge in [0.1, 0.15) is 0 Å². The number of benzene rings is 2. The first kappa shape index (κ1) is 21.3. The number of aliphatic imine (C=N–C) groups is 1. The molecular weight excluding hydrogens is 386 g/mol. The maximum absolute atomic E-state index is 12.4. The molecule has 6 nitrogen and oxygen atoms in total. The molecule has 29 heavy (non-hydrogen) atoms. The molecule has 0 aliphatic carbocycles. The zero-order valence-electron chi connectivity index (χ0n) is 16.8. The van der Waals surface area contributed by atoms with Crippen LogP contribution in [0.3, 0.4) is 0 Å². The van der Waals surface area contributed by atoms with E-state index in [0.29, 0.717) is 30.6 Å². The van der Waals surface area contributed by atoms with Crippen LogP contribution < -0.4 is 5.32 Å². The van der Waals surface area contributed by atoms with Crippen molar-refractivity contribution in [3.8, 4) is 0 Å². The number of ether oxygens (including phenoxy) is 1. The van der Waals surface area contributed by atoms with Crippen LogP contribution in [0.1, 0.15) is 12.0 Å². The zero-order chi connectivity index (χ0) is 20.5. The highest BCUT2D eigenvalue weighted by Crippen LogP contribution is 2.17. The van der Waals surface area contributed by atoms with Crippen LogP contribution in [0.2, 0.25) is 0 Å². The summed E-state index contributed by atoms with van der Waals surface area (Å²) in [6.45, 7) is 3.42. The Labute approximate surface area is 173 Å². The average Bonchev–Trinajstić information content (AvgIpc) is 3.21. The number of nitrogens with zero attached hydrogens (tertiary/aromatic N) is 2. The van der Waals surface area contributed by atoms with Gasteiger partial charge in [0, 0.05) is 32.6 Å². The number of nitrogens with one attached hydrogen (secondary N) is 1. The molecule has 2 aromatic rings. The molecule has 0 saturated carbocycles. The first-order chi connectivity index (χ1) is 14.1. The van der Waals surface area contributed by atoms with Gasteiger partial charge in [0.15, 0.2) is 15.8 Å². The Morgan fingerprint density at radius 1 is 1.14 bits per heavy atom. The number of hydrogen-bond acceptors (Lipinski definition) is 4. The minimum Gasteiger partial charge on any atom is -0.376 e. The lowest BCUT2D eigenvalue weighted by Gasteiger charge is -2.21. The van der Waals surface area contributed by atoms with E-state index in [-0.39, 0.29) is 5.75 Å². The van der Waals surface area contributed by atoms with Crippen molar-refractivity contribution in [1.82, 2.24) is 10.2 Å². The monoisotopic (exact) mass is 415 g/mol. The zero-order valence-corrected chi connectivity index (χ0v) is 17.6. The van der Waals surface area contributed by atoms with E-state index in [1.807, 2.05) is 24.3 Å². The molecule has 0 spiro atoms. The highest BCUT2D eigenvalue weighted by Gasteiger charge is 2.25. The molecule has 156 valence electrons. The molecule has 1 fully saturated rings. The quantitative estimate of drug-likeness (QED) is 0.530. The van der Waals surface area contributed by atoms with Gasteiger partial charge in [0.2, 0.25) is 0 Å². The molecule has 0 radical (unpaired) electrons. The molecule has 1 aliphatic heterocycles. The van der Waals surface area contributed by atoms with Gasteiger partial charge >= 0.3 is 0 Å². The Bertz CT molecular complexity index is 886. The average molecular weight is 416 g/mol. The number of hydrogen-bond donors (Lipinski definition) is 1. The maximum atomic E-state index is 12.4. The lowest BCUT2D eigenvalue weighted by atomic mass is 10.1. The second-order valence-electron chi connectivity index (χ2n) is 7.21. The normalized spacial score (nSPS) is 17.5. The fraction of sp³-hybridized carbons (Fsp3) is 0.409. The highest BCUT2D eigenvalue weighted by molar-refractivity contribution is 7.91. The molecule has 0 amide bonds. The fourth-order valence-electron chi connectivity index (χ4n) is 3.45. The van der Waals surface area contributed by atoms with Crippen LogP contribution in [0, 0.1) is 5.92 Å². The molecule has 1 unspecified atom stereocenters. The van der Waals surface area contributed by atoms with Crippen LogP contribution in [0.25, 0.3) is 0 Å². The van der Waals surface area contributed by atoms with Gasteiger partial charge in [-0.25, -0.2) is 8.42 Å². The van der Waals surface area contributed by atoms with Crippen molar-refractivity contribution in [3.05, 3.63) is 66.2 Å². The maximum Gasteiger partial charge on any atom is 0.193 e. The lowest BCUT2D eigenvalue weighted by molar-refractivity contribution is 0.0907. The minimum atomic E-state index is -3.29. The van der Waals surface area contributed by atoms with Crippen LogP contribution in [0.5, 0.6) is 0 Å². The van der Waals surface area contributed by atoms with E-state index < -0.39 is 9.84 Å². The molecule has 1 aliphatic rings. The number of guanidine groups is 1. The summed E-state index contributed by atoms with van der Waals surface area (Å²) in [7, 11) is -1.56.